The van der Waals surface area contributed by atoms with E-state index in [9.17, 15) is 4.79 Å². The summed E-state index contributed by atoms with van der Waals surface area (Å²) in [5.41, 5.74) is 0.679. The SMILES string of the molecule is CCNC(=NCc1nncn1C)NC(C)c1nc(C)c(C(=O)OCC)s1.I. The highest BCUT2D eigenvalue weighted by atomic mass is 127. The number of halogens is 1. The van der Waals surface area contributed by atoms with Crippen molar-refractivity contribution in [2.24, 2.45) is 12.0 Å². The fraction of sp³-hybridized carbons (Fsp3) is 0.562. The molecule has 11 heteroatoms. The molecule has 2 aromatic heterocycles. The van der Waals surface area contributed by atoms with Gasteiger partial charge in [-0.2, -0.15) is 0 Å². The first-order valence-electron chi connectivity index (χ1n) is 8.48. The van der Waals surface area contributed by atoms with Gasteiger partial charge in [0.15, 0.2) is 11.8 Å². The lowest BCUT2D eigenvalue weighted by Crippen LogP contribution is -2.38. The van der Waals surface area contributed by atoms with Gasteiger partial charge in [-0.1, -0.05) is 0 Å². The van der Waals surface area contributed by atoms with Crippen LogP contribution >= 0.6 is 35.3 Å². The van der Waals surface area contributed by atoms with E-state index < -0.39 is 0 Å². The predicted molar refractivity (Wildman–Crippen MR) is 116 cm³/mol. The summed E-state index contributed by atoms with van der Waals surface area (Å²) >= 11 is 1.34. The highest BCUT2D eigenvalue weighted by Crippen LogP contribution is 2.24. The zero-order chi connectivity index (χ0) is 19.1. The van der Waals surface area contributed by atoms with E-state index in [-0.39, 0.29) is 36.0 Å². The van der Waals surface area contributed by atoms with E-state index in [1.807, 2.05) is 32.4 Å². The predicted octanol–water partition coefficient (Wildman–Crippen LogP) is 2.19. The molecule has 2 N–H and O–H groups in total. The van der Waals surface area contributed by atoms with Gasteiger partial charge >= 0.3 is 5.97 Å². The zero-order valence-corrected chi connectivity index (χ0v) is 19.3. The van der Waals surface area contributed by atoms with Crippen molar-refractivity contribution in [3.8, 4) is 0 Å². The second-order valence-electron chi connectivity index (χ2n) is 5.61. The van der Waals surface area contributed by atoms with E-state index in [0.717, 1.165) is 17.4 Å². The van der Waals surface area contributed by atoms with Crippen LogP contribution in [-0.2, 0) is 18.3 Å². The minimum atomic E-state index is -0.330. The summed E-state index contributed by atoms with van der Waals surface area (Å²) in [6, 6.07) is -0.112. The van der Waals surface area contributed by atoms with E-state index in [1.165, 1.54) is 11.3 Å². The molecule has 0 aliphatic heterocycles. The van der Waals surface area contributed by atoms with Crippen molar-refractivity contribution in [2.75, 3.05) is 13.2 Å². The molecule has 0 aliphatic rings. The molecule has 0 saturated carbocycles. The van der Waals surface area contributed by atoms with E-state index in [1.54, 1.807) is 13.3 Å². The summed E-state index contributed by atoms with van der Waals surface area (Å²) < 4.78 is 6.90. The molecule has 0 bridgehead atoms. The van der Waals surface area contributed by atoms with Crippen LogP contribution in [0.2, 0.25) is 0 Å². The summed E-state index contributed by atoms with van der Waals surface area (Å²) in [6.07, 6.45) is 1.64. The average molecular weight is 507 g/mol. The van der Waals surface area contributed by atoms with Crippen LogP contribution in [0.15, 0.2) is 11.3 Å². The first kappa shape index (κ1) is 23.3. The molecule has 0 fully saturated rings. The van der Waals surface area contributed by atoms with Gasteiger partial charge in [0.25, 0.3) is 0 Å². The molecule has 27 heavy (non-hydrogen) atoms. The maximum Gasteiger partial charge on any atom is 0.350 e. The maximum atomic E-state index is 12.0. The van der Waals surface area contributed by atoms with Crippen LogP contribution in [0.4, 0.5) is 0 Å². The number of nitrogens with one attached hydrogen (secondary N) is 2. The van der Waals surface area contributed by atoms with Gasteiger partial charge in [-0.15, -0.1) is 45.5 Å². The molecule has 0 spiro atoms. The number of ether oxygens (including phenoxy) is 1. The molecule has 9 nitrogen and oxygen atoms in total. The van der Waals surface area contributed by atoms with Crippen LogP contribution in [0.1, 0.15) is 53.0 Å². The Morgan fingerprint density at radius 2 is 2.19 bits per heavy atom. The van der Waals surface area contributed by atoms with Crippen LogP contribution in [0.25, 0.3) is 0 Å². The molecule has 0 amide bonds. The molecule has 1 unspecified atom stereocenters. The third-order valence-corrected chi connectivity index (χ3v) is 4.85. The van der Waals surface area contributed by atoms with Crippen molar-refractivity contribution in [3.63, 3.8) is 0 Å². The molecule has 1 atom stereocenters. The van der Waals surface area contributed by atoms with E-state index in [4.69, 9.17) is 4.74 Å². The second-order valence-corrected chi connectivity index (χ2v) is 6.64. The highest BCUT2D eigenvalue weighted by Gasteiger charge is 2.20. The minimum absolute atomic E-state index is 0. The number of thiazole rings is 1. The summed E-state index contributed by atoms with van der Waals surface area (Å²) in [6.45, 7) is 9.05. The van der Waals surface area contributed by atoms with Gasteiger partial charge < -0.3 is 19.9 Å². The quantitative estimate of drug-likeness (QED) is 0.256. The molecule has 150 valence electrons. The second kappa shape index (κ2) is 11.2. The Morgan fingerprint density at radius 3 is 2.78 bits per heavy atom. The number of hydrogen-bond donors (Lipinski definition) is 2. The third-order valence-electron chi connectivity index (χ3n) is 3.53. The van der Waals surface area contributed by atoms with Gasteiger partial charge in [0.2, 0.25) is 0 Å². The van der Waals surface area contributed by atoms with Gasteiger partial charge in [-0.3, -0.25) is 0 Å². The Morgan fingerprint density at radius 1 is 1.44 bits per heavy atom. The first-order valence-corrected chi connectivity index (χ1v) is 9.30. The number of aliphatic imine (C=N–C) groups is 1. The number of nitrogens with zero attached hydrogens (tertiary/aromatic N) is 5. The Kier molecular flexibility index (Phi) is 9.63. The van der Waals surface area contributed by atoms with Crippen molar-refractivity contribution in [3.05, 3.63) is 27.7 Å². The lowest BCUT2D eigenvalue weighted by Gasteiger charge is -2.15. The van der Waals surface area contributed by atoms with Crippen LogP contribution in [0.5, 0.6) is 0 Å². The van der Waals surface area contributed by atoms with E-state index in [2.05, 4.69) is 30.8 Å². The number of carbonyl (C=O) groups excluding carboxylic acids is 1. The Bertz CT molecular complexity index is 775. The van der Waals surface area contributed by atoms with E-state index in [0.29, 0.717) is 29.7 Å². The molecule has 2 rings (SSSR count). The maximum absolute atomic E-state index is 12.0. The lowest BCUT2D eigenvalue weighted by atomic mass is 10.3. The molecular weight excluding hydrogens is 481 g/mol. The standard InChI is InChI=1S/C16H25N7O2S.HI/c1-6-17-16(18-8-12-22-19-9-23(12)5)21-11(4)14-20-10(3)13(26-14)15(24)25-7-2;/h9,11H,6-8H2,1-5H3,(H2,17,18,21);1H. The Balaban J connectivity index is 0.00000364. The summed E-state index contributed by atoms with van der Waals surface area (Å²) in [5, 5.41) is 15.2. The number of rotatable bonds is 7. The zero-order valence-electron chi connectivity index (χ0n) is 16.1. The fourth-order valence-electron chi connectivity index (χ4n) is 2.18. The number of aromatic nitrogens is 4. The fourth-order valence-corrected chi connectivity index (χ4v) is 3.14. The number of guanidine groups is 1. The number of hydrogen-bond acceptors (Lipinski definition) is 7. The largest absolute Gasteiger partial charge is 0.462 e. The van der Waals surface area contributed by atoms with Crippen molar-refractivity contribution < 1.29 is 9.53 Å². The topological polar surface area (TPSA) is 106 Å². The van der Waals surface area contributed by atoms with Crippen LogP contribution < -0.4 is 10.6 Å². The molecule has 0 aliphatic carbocycles. The monoisotopic (exact) mass is 507 g/mol. The molecule has 0 radical (unpaired) electrons. The number of aryl methyl sites for hydroxylation is 2. The summed E-state index contributed by atoms with van der Waals surface area (Å²) in [7, 11) is 1.88. The van der Waals surface area contributed by atoms with Crippen LogP contribution in [0.3, 0.4) is 0 Å². The molecule has 0 aromatic carbocycles. The lowest BCUT2D eigenvalue weighted by molar-refractivity contribution is 0.0531. The minimum Gasteiger partial charge on any atom is -0.462 e. The van der Waals surface area contributed by atoms with Crippen molar-refractivity contribution >= 4 is 47.2 Å². The van der Waals surface area contributed by atoms with Gasteiger partial charge in [0.1, 0.15) is 22.8 Å². The molecule has 2 heterocycles. The van der Waals surface area contributed by atoms with Gasteiger partial charge in [0.05, 0.1) is 18.3 Å². The van der Waals surface area contributed by atoms with Gasteiger partial charge in [-0.05, 0) is 27.7 Å². The number of carbonyl (C=O) groups is 1. The van der Waals surface area contributed by atoms with E-state index >= 15 is 0 Å². The first-order chi connectivity index (χ1) is 12.5. The third kappa shape index (κ3) is 6.41. The highest BCUT2D eigenvalue weighted by molar-refractivity contribution is 14.0. The smallest absolute Gasteiger partial charge is 0.350 e. The van der Waals surface area contributed by atoms with Crippen molar-refractivity contribution in [1.29, 1.82) is 0 Å². The molecular formula is C16H26IN7O2S. The van der Waals surface area contributed by atoms with Gasteiger partial charge in [-0.25, -0.2) is 14.8 Å². The van der Waals surface area contributed by atoms with Crippen molar-refractivity contribution in [2.45, 2.75) is 40.3 Å². The average Bonchev–Trinajstić information content (AvgIpc) is 3.19. The normalized spacial score (nSPS) is 12.3. The summed E-state index contributed by atoms with van der Waals surface area (Å²) in [5.74, 6) is 1.09. The molecule has 2 aromatic rings. The molecule has 0 saturated heterocycles. The Hall–Kier alpha value is -1.76. The van der Waals surface area contributed by atoms with Gasteiger partial charge in [0, 0.05) is 13.6 Å². The van der Waals surface area contributed by atoms with Crippen LogP contribution in [0, 0.1) is 6.92 Å². The van der Waals surface area contributed by atoms with Crippen LogP contribution in [-0.4, -0.2) is 44.8 Å². The number of esters is 1. The Labute approximate surface area is 180 Å². The summed E-state index contributed by atoms with van der Waals surface area (Å²) in [4.78, 5) is 21.5. The van der Waals surface area contributed by atoms with Crippen molar-refractivity contribution in [1.82, 2.24) is 30.4 Å².